The van der Waals surface area contributed by atoms with E-state index in [-0.39, 0.29) is 22.8 Å². The molecule has 0 radical (unpaired) electrons. The van der Waals surface area contributed by atoms with Gasteiger partial charge in [-0.3, -0.25) is 19.2 Å². The van der Waals surface area contributed by atoms with E-state index in [4.69, 9.17) is 10.5 Å². The minimum absolute atomic E-state index is 0.0990. The van der Waals surface area contributed by atoms with Crippen LogP contribution in [0.5, 0.6) is 5.75 Å². The highest BCUT2D eigenvalue weighted by Gasteiger charge is 2.65. The molecule has 4 atom stereocenters. The first-order valence-electron chi connectivity index (χ1n) is 8.72. The van der Waals surface area contributed by atoms with Crippen LogP contribution in [-0.4, -0.2) is 63.4 Å². The molecule has 1 aliphatic carbocycles. The zero-order valence-electron chi connectivity index (χ0n) is 15.4. The number of aryl methyl sites for hydroxylation is 1. The summed E-state index contributed by atoms with van der Waals surface area (Å²) in [4.78, 5) is 55.0. The Morgan fingerprint density at radius 3 is 2.48 bits per heavy atom. The third kappa shape index (κ3) is 2.31. The number of benzene rings is 1. The topological polar surface area (TPSA) is 160 Å². The predicted octanol–water partition coefficient (Wildman–Crippen LogP) is -0.194. The number of aliphatic carboxylic acids is 2. The highest BCUT2D eigenvalue weighted by molar-refractivity contribution is 6.16. The highest BCUT2D eigenvalue weighted by Crippen LogP contribution is 2.47. The number of hydrogen-bond acceptors (Lipinski definition) is 7. The maximum atomic E-state index is 13.2. The average Bonchev–Trinajstić information content (AvgIpc) is 2.85. The van der Waals surface area contributed by atoms with E-state index >= 15 is 0 Å². The van der Waals surface area contributed by atoms with Crippen LogP contribution in [0.2, 0.25) is 0 Å². The summed E-state index contributed by atoms with van der Waals surface area (Å²) in [5, 5.41) is 19.8. The first kappa shape index (κ1) is 18.7. The summed E-state index contributed by atoms with van der Waals surface area (Å²) >= 11 is 0. The largest absolute Gasteiger partial charge is 0.484 e. The molecule has 3 aliphatic rings. The van der Waals surface area contributed by atoms with E-state index in [9.17, 15) is 29.4 Å². The molecule has 4 unspecified atom stereocenters. The lowest BCUT2D eigenvalue weighted by atomic mass is 9.64. The van der Waals surface area contributed by atoms with E-state index in [1.54, 1.807) is 19.1 Å². The number of guanidine groups is 1. The molecule has 150 valence electrons. The highest BCUT2D eigenvalue weighted by atomic mass is 16.5. The molecule has 2 heterocycles. The Balaban J connectivity index is 2.01. The lowest BCUT2D eigenvalue weighted by Crippen LogP contribution is -2.65. The van der Waals surface area contributed by atoms with Gasteiger partial charge >= 0.3 is 11.9 Å². The third-order valence-corrected chi connectivity index (χ3v) is 5.75. The van der Waals surface area contributed by atoms with Gasteiger partial charge in [0.05, 0.1) is 5.56 Å². The van der Waals surface area contributed by atoms with Crippen LogP contribution < -0.4 is 10.5 Å². The number of rotatable bonds is 2. The second-order valence-corrected chi connectivity index (χ2v) is 7.31. The first-order valence-corrected chi connectivity index (χ1v) is 8.72. The summed E-state index contributed by atoms with van der Waals surface area (Å²) in [5.41, 5.74) is 4.58. The fraction of sp³-hybridized carbons (Fsp3) is 0.316. The Hall–Kier alpha value is -3.69. The molecule has 29 heavy (non-hydrogen) atoms. The summed E-state index contributed by atoms with van der Waals surface area (Å²) in [5.74, 6) is -8.12. The Morgan fingerprint density at radius 2 is 1.93 bits per heavy atom. The molecule has 0 bridgehead atoms. The Morgan fingerprint density at radius 1 is 1.24 bits per heavy atom. The van der Waals surface area contributed by atoms with Crippen molar-refractivity contribution >= 4 is 29.6 Å². The number of fused-ring (bicyclic) bond motifs is 2. The van der Waals surface area contributed by atoms with Crippen molar-refractivity contribution in [3.63, 3.8) is 0 Å². The molecule has 10 heteroatoms. The average molecular weight is 399 g/mol. The lowest BCUT2D eigenvalue weighted by Gasteiger charge is -2.46. The number of carbonyl (C=O) groups is 4. The van der Waals surface area contributed by atoms with Crippen molar-refractivity contribution in [1.82, 2.24) is 4.90 Å². The van der Waals surface area contributed by atoms with Gasteiger partial charge in [0.25, 0.3) is 5.91 Å². The van der Waals surface area contributed by atoms with Crippen molar-refractivity contribution in [1.29, 1.82) is 0 Å². The molecular weight excluding hydrogens is 382 g/mol. The number of nitrogens with zero attached hydrogens (tertiary/aromatic N) is 2. The van der Waals surface area contributed by atoms with Gasteiger partial charge < -0.3 is 25.6 Å². The number of ether oxygens (including phenoxy) is 1. The standard InChI is InChI=1S/C19H17N3O7/c1-7-3-4-10-8(5-7)13(23)9-6-19(17(28)21-18(20)22(19)2)12(16(26)27)11(15(24)25)14(9)29-10/h3-6,11-12,14H,1-2H3,(H,24,25)(H,26,27)(H2,20,21,28). The van der Waals surface area contributed by atoms with Gasteiger partial charge in [0, 0.05) is 12.6 Å². The molecule has 1 aromatic carbocycles. The molecule has 1 spiro atoms. The Kier molecular flexibility index (Phi) is 3.80. The van der Waals surface area contributed by atoms with Crippen LogP contribution in [0.15, 0.2) is 34.8 Å². The number of ketones is 1. The van der Waals surface area contributed by atoms with Gasteiger partial charge in [-0.15, -0.1) is 0 Å². The van der Waals surface area contributed by atoms with Gasteiger partial charge in [-0.05, 0) is 25.1 Å². The molecule has 10 nitrogen and oxygen atoms in total. The van der Waals surface area contributed by atoms with Crippen molar-refractivity contribution in [2.45, 2.75) is 18.6 Å². The fourth-order valence-corrected chi connectivity index (χ4v) is 4.31. The number of amides is 1. The van der Waals surface area contributed by atoms with Crippen molar-refractivity contribution in [2.24, 2.45) is 22.6 Å². The molecule has 1 amide bonds. The Bertz CT molecular complexity index is 1060. The molecule has 0 fully saturated rings. The molecule has 0 aromatic heterocycles. The van der Waals surface area contributed by atoms with Gasteiger partial charge in [0.15, 0.2) is 17.3 Å². The molecule has 1 aromatic rings. The summed E-state index contributed by atoms with van der Waals surface area (Å²) in [7, 11) is 1.34. The quantitative estimate of drug-likeness (QED) is 0.612. The van der Waals surface area contributed by atoms with E-state index in [1.165, 1.54) is 13.1 Å². The molecule has 0 saturated carbocycles. The van der Waals surface area contributed by atoms with Gasteiger partial charge in [0.1, 0.15) is 23.7 Å². The Labute approximate surface area is 164 Å². The minimum Gasteiger partial charge on any atom is -0.484 e. The van der Waals surface area contributed by atoms with Crippen LogP contribution in [-0.2, 0) is 14.4 Å². The second-order valence-electron chi connectivity index (χ2n) is 7.31. The zero-order valence-corrected chi connectivity index (χ0v) is 15.4. The summed E-state index contributed by atoms with van der Waals surface area (Å²) in [6, 6.07) is 4.82. The van der Waals surface area contributed by atoms with E-state index in [1.807, 2.05) is 0 Å². The molecule has 0 saturated heterocycles. The fourth-order valence-electron chi connectivity index (χ4n) is 4.31. The monoisotopic (exact) mass is 399 g/mol. The number of aliphatic imine (C=N–C) groups is 1. The van der Waals surface area contributed by atoms with Gasteiger partial charge in [-0.2, -0.15) is 4.99 Å². The SMILES string of the molecule is Cc1ccc2c(c1)C(=O)C1=CC3(C(=O)N=C(N)N3C)C(C(=O)O)C(C(=O)O)C1O2. The first-order chi connectivity index (χ1) is 13.6. The second kappa shape index (κ2) is 5.90. The number of Topliss-reactive ketones (excluding diaryl/α,β-unsaturated/α-hetero) is 1. The number of carboxylic acids is 2. The van der Waals surface area contributed by atoms with Gasteiger partial charge in [-0.1, -0.05) is 11.6 Å². The van der Waals surface area contributed by atoms with Crippen molar-refractivity contribution in [3.05, 3.63) is 41.0 Å². The number of hydrogen-bond donors (Lipinski definition) is 3. The number of nitrogens with two attached hydrogens (primary N) is 1. The summed E-state index contributed by atoms with van der Waals surface area (Å²) in [6.45, 7) is 1.78. The summed E-state index contributed by atoms with van der Waals surface area (Å²) in [6.07, 6.45) is -0.209. The van der Waals surface area contributed by atoms with Crippen molar-refractivity contribution < 1.29 is 34.1 Å². The predicted molar refractivity (Wildman–Crippen MR) is 97.4 cm³/mol. The van der Waals surface area contributed by atoms with E-state index in [2.05, 4.69) is 4.99 Å². The van der Waals surface area contributed by atoms with Crippen LogP contribution in [0.1, 0.15) is 15.9 Å². The van der Waals surface area contributed by atoms with Crippen molar-refractivity contribution in [3.8, 4) is 5.75 Å². The van der Waals surface area contributed by atoms with E-state index < -0.39 is 47.1 Å². The zero-order chi connectivity index (χ0) is 21.2. The van der Waals surface area contributed by atoms with E-state index in [0.29, 0.717) is 0 Å². The normalized spacial score (nSPS) is 30.3. The molecule has 4 rings (SSSR count). The van der Waals surface area contributed by atoms with Crippen LogP contribution >= 0.6 is 0 Å². The minimum atomic E-state index is -2.04. The maximum absolute atomic E-state index is 13.2. The van der Waals surface area contributed by atoms with E-state index in [0.717, 1.165) is 16.5 Å². The van der Waals surface area contributed by atoms with Crippen LogP contribution in [0.25, 0.3) is 0 Å². The van der Waals surface area contributed by atoms with Crippen molar-refractivity contribution in [2.75, 3.05) is 7.05 Å². The lowest BCUT2D eigenvalue weighted by molar-refractivity contribution is -0.164. The number of likely N-dealkylation sites (N-methyl/N-ethyl adjacent to an activating group) is 1. The van der Waals surface area contributed by atoms with Crippen LogP contribution in [0.3, 0.4) is 0 Å². The maximum Gasteiger partial charge on any atom is 0.311 e. The molecule has 4 N–H and O–H groups in total. The van der Waals surface area contributed by atoms with Gasteiger partial charge in [-0.25, -0.2) is 0 Å². The van der Waals surface area contributed by atoms with Crippen LogP contribution in [0.4, 0.5) is 0 Å². The van der Waals surface area contributed by atoms with Crippen LogP contribution in [0, 0.1) is 18.8 Å². The summed E-state index contributed by atoms with van der Waals surface area (Å²) < 4.78 is 5.78. The van der Waals surface area contributed by atoms with Gasteiger partial charge in [0.2, 0.25) is 0 Å². The molecular formula is C19H17N3O7. The number of carbonyl (C=O) groups excluding carboxylic acids is 2. The third-order valence-electron chi connectivity index (χ3n) is 5.75. The number of carboxylic acid groups (broad SMARTS) is 2. The smallest absolute Gasteiger partial charge is 0.311 e. The molecule has 2 aliphatic heterocycles.